The van der Waals surface area contributed by atoms with Crippen molar-refractivity contribution in [1.82, 2.24) is 0 Å². The molecule has 13 heavy (non-hydrogen) atoms. The van der Waals surface area contributed by atoms with E-state index >= 15 is 0 Å². The molecule has 1 radical (unpaired) electrons. The quantitative estimate of drug-likeness (QED) is 0.375. The van der Waals surface area contributed by atoms with Gasteiger partial charge in [-0.25, -0.2) is 0 Å². The van der Waals surface area contributed by atoms with Crippen molar-refractivity contribution < 1.29 is 0 Å². The molecule has 0 aromatic heterocycles. The van der Waals surface area contributed by atoms with Gasteiger partial charge in [0.25, 0.3) is 0 Å². The minimum atomic E-state index is 1.00. The molecule has 0 aliphatic carbocycles. The summed E-state index contributed by atoms with van der Waals surface area (Å²) in [6.07, 6.45) is 17.5. The molecular weight excluding hydrogens is 156 g/mol. The van der Waals surface area contributed by atoms with E-state index in [-0.39, 0.29) is 0 Å². The van der Waals surface area contributed by atoms with E-state index in [0.29, 0.717) is 0 Å². The summed E-state index contributed by atoms with van der Waals surface area (Å²) in [5.41, 5.74) is 0. The molecule has 0 rings (SSSR count). The second kappa shape index (κ2) is 11.5. The van der Waals surface area contributed by atoms with Crippen LogP contribution < -0.4 is 0 Å². The largest absolute Gasteiger partial charge is 0.0845 e. The minimum absolute atomic E-state index is 1.00. The van der Waals surface area contributed by atoms with Gasteiger partial charge in [0.05, 0.1) is 0 Å². The predicted molar refractivity (Wildman–Crippen MR) is 61.6 cm³/mol. The van der Waals surface area contributed by atoms with Gasteiger partial charge < -0.3 is 0 Å². The van der Waals surface area contributed by atoms with Crippen LogP contribution in [0.5, 0.6) is 0 Å². The van der Waals surface area contributed by atoms with E-state index in [1.54, 1.807) is 0 Å². The molecule has 0 saturated carbocycles. The Morgan fingerprint density at radius 2 is 1.62 bits per heavy atom. The first-order valence-corrected chi connectivity index (χ1v) is 5.52. The lowest BCUT2D eigenvalue weighted by molar-refractivity contribution is 0.674. The van der Waals surface area contributed by atoms with Gasteiger partial charge in [0.15, 0.2) is 0 Å². The Labute approximate surface area is 83.7 Å². The van der Waals surface area contributed by atoms with E-state index in [4.69, 9.17) is 0 Å². The number of allylic oxidation sites excluding steroid dienone is 4. The first-order chi connectivity index (χ1) is 6.41. The van der Waals surface area contributed by atoms with E-state index in [1.165, 1.54) is 32.1 Å². The zero-order chi connectivity index (χ0) is 9.78. The first kappa shape index (κ1) is 12.5. The fourth-order valence-electron chi connectivity index (χ4n) is 1.16. The second-order valence-electron chi connectivity index (χ2n) is 3.35. The van der Waals surface area contributed by atoms with E-state index in [9.17, 15) is 0 Å². The summed E-state index contributed by atoms with van der Waals surface area (Å²) in [5.74, 6) is 0. The van der Waals surface area contributed by atoms with Crippen molar-refractivity contribution in [2.45, 2.75) is 51.9 Å². The molecule has 0 atom stereocenters. The summed E-state index contributed by atoms with van der Waals surface area (Å²) in [5, 5.41) is 0. The van der Waals surface area contributed by atoms with E-state index in [0.717, 1.165) is 12.8 Å². The van der Waals surface area contributed by atoms with Gasteiger partial charge in [0.2, 0.25) is 0 Å². The monoisotopic (exact) mass is 179 g/mol. The topological polar surface area (TPSA) is 0 Å². The highest BCUT2D eigenvalue weighted by Crippen LogP contribution is 2.02. The van der Waals surface area contributed by atoms with Gasteiger partial charge in [-0.1, -0.05) is 57.4 Å². The van der Waals surface area contributed by atoms with Crippen molar-refractivity contribution >= 4 is 0 Å². The molecule has 0 N–H and O–H groups in total. The van der Waals surface area contributed by atoms with Gasteiger partial charge in [-0.15, -0.1) is 0 Å². The number of hydrogen-bond donors (Lipinski definition) is 0. The molecule has 0 bridgehead atoms. The molecule has 0 aromatic rings. The summed E-state index contributed by atoms with van der Waals surface area (Å²) < 4.78 is 0. The molecule has 0 spiro atoms. The zero-order valence-electron chi connectivity index (χ0n) is 8.97. The third-order valence-electron chi connectivity index (χ3n) is 1.98. The maximum atomic E-state index is 3.78. The van der Waals surface area contributed by atoms with Crippen molar-refractivity contribution in [3.63, 3.8) is 0 Å². The Bertz CT molecular complexity index is 131. The highest BCUT2D eigenvalue weighted by Gasteiger charge is 1.82. The molecule has 0 unspecified atom stereocenters. The molecule has 0 aliphatic rings. The Morgan fingerprint density at radius 1 is 0.923 bits per heavy atom. The average Bonchev–Trinajstić information content (AvgIpc) is 2.16. The predicted octanol–water partition coefficient (Wildman–Crippen LogP) is 4.68. The lowest BCUT2D eigenvalue weighted by Gasteiger charge is -1.92. The summed E-state index contributed by atoms with van der Waals surface area (Å²) in [6, 6.07) is 0. The van der Waals surface area contributed by atoms with Crippen molar-refractivity contribution in [3.8, 4) is 0 Å². The molecule has 0 fully saturated rings. The van der Waals surface area contributed by atoms with Gasteiger partial charge in [0.1, 0.15) is 0 Å². The smallest absolute Gasteiger partial charge is 0.0348 e. The third kappa shape index (κ3) is 11.5. The number of hydrogen-bond acceptors (Lipinski definition) is 0. The van der Waals surface area contributed by atoms with Crippen molar-refractivity contribution in [2.75, 3.05) is 0 Å². The SMILES string of the molecule is [CH2]CC/C=C/C=C/CCCCCC. The molecular formula is C13H23. The third-order valence-corrected chi connectivity index (χ3v) is 1.98. The van der Waals surface area contributed by atoms with Gasteiger partial charge in [0, 0.05) is 0 Å². The maximum Gasteiger partial charge on any atom is -0.0348 e. The maximum absolute atomic E-state index is 3.78. The van der Waals surface area contributed by atoms with E-state index in [1.807, 2.05) is 0 Å². The fourth-order valence-corrected chi connectivity index (χ4v) is 1.16. The molecule has 0 heteroatoms. The van der Waals surface area contributed by atoms with Crippen LogP contribution in [0.1, 0.15) is 51.9 Å². The van der Waals surface area contributed by atoms with Crippen LogP contribution in [-0.2, 0) is 0 Å². The van der Waals surface area contributed by atoms with Crippen molar-refractivity contribution in [2.24, 2.45) is 0 Å². The van der Waals surface area contributed by atoms with E-state index < -0.39 is 0 Å². The lowest BCUT2D eigenvalue weighted by atomic mass is 10.1. The molecule has 0 amide bonds. The Balaban J connectivity index is 3.12. The van der Waals surface area contributed by atoms with Crippen molar-refractivity contribution in [3.05, 3.63) is 31.2 Å². The average molecular weight is 179 g/mol. The normalized spacial score (nSPS) is 11.8. The highest BCUT2D eigenvalue weighted by molar-refractivity contribution is 5.02. The van der Waals surface area contributed by atoms with Crippen molar-refractivity contribution in [1.29, 1.82) is 0 Å². The first-order valence-electron chi connectivity index (χ1n) is 5.52. The van der Waals surface area contributed by atoms with Gasteiger partial charge in [-0.2, -0.15) is 0 Å². The molecule has 0 saturated heterocycles. The highest BCUT2D eigenvalue weighted by atomic mass is 13.9. The second-order valence-corrected chi connectivity index (χ2v) is 3.35. The lowest BCUT2D eigenvalue weighted by Crippen LogP contribution is -1.73. The summed E-state index contributed by atoms with van der Waals surface area (Å²) in [7, 11) is 0. The fraction of sp³-hybridized carbons (Fsp3) is 0.615. The van der Waals surface area contributed by atoms with Gasteiger partial charge in [-0.3, -0.25) is 0 Å². The Kier molecular flexibility index (Phi) is 11.0. The van der Waals surface area contributed by atoms with Crippen LogP contribution in [0, 0.1) is 6.92 Å². The van der Waals surface area contributed by atoms with Crippen LogP contribution in [0.25, 0.3) is 0 Å². The number of rotatable bonds is 8. The summed E-state index contributed by atoms with van der Waals surface area (Å²) in [4.78, 5) is 0. The van der Waals surface area contributed by atoms with Gasteiger partial charge in [-0.05, 0) is 25.7 Å². The van der Waals surface area contributed by atoms with Crippen LogP contribution in [0.4, 0.5) is 0 Å². The van der Waals surface area contributed by atoms with Crippen LogP contribution in [0.3, 0.4) is 0 Å². The van der Waals surface area contributed by atoms with Crippen LogP contribution in [-0.4, -0.2) is 0 Å². The molecule has 0 aliphatic heterocycles. The van der Waals surface area contributed by atoms with Gasteiger partial charge >= 0.3 is 0 Å². The van der Waals surface area contributed by atoms with Crippen LogP contribution in [0.2, 0.25) is 0 Å². The molecule has 0 aromatic carbocycles. The Morgan fingerprint density at radius 3 is 2.23 bits per heavy atom. The summed E-state index contributed by atoms with van der Waals surface area (Å²) in [6.45, 7) is 6.03. The molecule has 0 heterocycles. The summed E-state index contributed by atoms with van der Waals surface area (Å²) >= 11 is 0. The van der Waals surface area contributed by atoms with E-state index in [2.05, 4.69) is 38.2 Å². The van der Waals surface area contributed by atoms with Crippen LogP contribution >= 0.6 is 0 Å². The minimum Gasteiger partial charge on any atom is -0.0845 e. The standard InChI is InChI=1S/C13H23/c1-3-5-7-9-11-13-12-10-8-6-4-2/h7,9,11,13H,1,3-6,8,10,12H2,2H3/b9-7+,13-11+. The molecule has 0 nitrogen and oxygen atoms in total. The zero-order valence-corrected chi connectivity index (χ0v) is 8.97. The number of unbranched alkanes of at least 4 members (excludes halogenated alkanes) is 5. The Hall–Kier alpha value is -0.520. The molecule has 75 valence electrons. The van der Waals surface area contributed by atoms with Crippen LogP contribution in [0.15, 0.2) is 24.3 Å².